The van der Waals surface area contributed by atoms with E-state index >= 15 is 0 Å². The minimum absolute atomic E-state index is 0.223. The van der Waals surface area contributed by atoms with Gasteiger partial charge in [-0.2, -0.15) is 0 Å². The van der Waals surface area contributed by atoms with Crippen molar-refractivity contribution in [2.24, 2.45) is 0 Å². The van der Waals surface area contributed by atoms with Crippen LogP contribution < -0.4 is 15.4 Å². The van der Waals surface area contributed by atoms with E-state index in [1.54, 1.807) is 6.07 Å². The zero-order chi connectivity index (χ0) is 15.8. The van der Waals surface area contributed by atoms with Gasteiger partial charge in [-0.1, -0.05) is 23.7 Å². The fraction of sp³-hybridized carbons (Fsp3) is 0.188. The SMILES string of the molecule is O=C(NCCCOc1ccccc1Cl)Nc1ccc(I)cc1. The highest BCUT2D eigenvalue weighted by Crippen LogP contribution is 2.22. The van der Waals surface area contributed by atoms with Crippen molar-refractivity contribution >= 4 is 45.9 Å². The number of anilines is 1. The molecule has 0 aromatic heterocycles. The predicted octanol–water partition coefficient (Wildman–Crippen LogP) is 4.54. The summed E-state index contributed by atoms with van der Waals surface area (Å²) in [6.45, 7) is 1.02. The molecule has 2 amide bonds. The van der Waals surface area contributed by atoms with Gasteiger partial charge in [0.15, 0.2) is 0 Å². The maximum atomic E-state index is 11.7. The Morgan fingerprint density at radius 1 is 1.14 bits per heavy atom. The van der Waals surface area contributed by atoms with Gasteiger partial charge in [-0.05, 0) is 65.4 Å². The Bertz CT molecular complexity index is 620. The zero-order valence-electron chi connectivity index (χ0n) is 11.8. The highest BCUT2D eigenvalue weighted by molar-refractivity contribution is 14.1. The van der Waals surface area contributed by atoms with E-state index in [2.05, 4.69) is 33.2 Å². The van der Waals surface area contributed by atoms with Gasteiger partial charge in [-0.3, -0.25) is 0 Å². The van der Waals surface area contributed by atoms with E-state index in [-0.39, 0.29) is 6.03 Å². The number of hydrogen-bond acceptors (Lipinski definition) is 2. The number of benzene rings is 2. The number of rotatable bonds is 6. The molecule has 0 atom stereocenters. The van der Waals surface area contributed by atoms with Gasteiger partial charge in [0.2, 0.25) is 0 Å². The van der Waals surface area contributed by atoms with Gasteiger partial charge < -0.3 is 15.4 Å². The Hall–Kier alpha value is -1.47. The molecule has 0 saturated heterocycles. The third-order valence-electron chi connectivity index (χ3n) is 2.80. The second-order valence-electron chi connectivity index (χ2n) is 4.52. The van der Waals surface area contributed by atoms with E-state index in [9.17, 15) is 4.79 Å². The van der Waals surface area contributed by atoms with Crippen molar-refractivity contribution in [2.45, 2.75) is 6.42 Å². The topological polar surface area (TPSA) is 50.4 Å². The van der Waals surface area contributed by atoms with E-state index in [4.69, 9.17) is 16.3 Å². The number of ether oxygens (including phenoxy) is 1. The molecule has 2 N–H and O–H groups in total. The second kappa shape index (κ2) is 8.85. The summed E-state index contributed by atoms with van der Waals surface area (Å²) in [5.74, 6) is 0.660. The lowest BCUT2D eigenvalue weighted by atomic mass is 10.3. The largest absolute Gasteiger partial charge is 0.492 e. The van der Waals surface area contributed by atoms with Crippen LogP contribution in [0.3, 0.4) is 0 Å². The van der Waals surface area contributed by atoms with Crippen LogP contribution in [-0.2, 0) is 0 Å². The number of carbonyl (C=O) groups is 1. The van der Waals surface area contributed by atoms with Crippen LogP contribution in [0.4, 0.5) is 10.5 Å². The fourth-order valence-corrected chi connectivity index (χ4v) is 2.28. The molecule has 4 nitrogen and oxygen atoms in total. The van der Waals surface area contributed by atoms with Crippen LogP contribution in [0.2, 0.25) is 5.02 Å². The molecular formula is C16H16ClIN2O2. The number of halogens is 2. The molecule has 0 fully saturated rings. The summed E-state index contributed by atoms with van der Waals surface area (Å²) in [5.41, 5.74) is 0.769. The van der Waals surface area contributed by atoms with Crippen LogP contribution in [0.5, 0.6) is 5.75 Å². The zero-order valence-corrected chi connectivity index (χ0v) is 14.7. The molecule has 0 heterocycles. The lowest BCUT2D eigenvalue weighted by Gasteiger charge is -2.09. The van der Waals surface area contributed by atoms with E-state index in [1.807, 2.05) is 42.5 Å². The molecule has 2 aromatic carbocycles. The Kier molecular flexibility index (Phi) is 6.79. The van der Waals surface area contributed by atoms with Crippen molar-refractivity contribution < 1.29 is 9.53 Å². The summed E-state index contributed by atoms with van der Waals surface area (Å²) in [4.78, 5) is 11.7. The molecule has 0 aliphatic heterocycles. The van der Waals surface area contributed by atoms with E-state index in [1.165, 1.54) is 0 Å². The molecule has 0 aliphatic carbocycles. The highest BCUT2D eigenvalue weighted by atomic mass is 127. The standard InChI is InChI=1S/C16H16ClIN2O2/c17-14-4-1-2-5-15(14)22-11-3-10-19-16(21)20-13-8-6-12(18)7-9-13/h1-2,4-9H,3,10-11H2,(H2,19,20,21). The Morgan fingerprint density at radius 3 is 2.59 bits per heavy atom. The molecule has 22 heavy (non-hydrogen) atoms. The monoisotopic (exact) mass is 430 g/mol. The molecule has 6 heteroatoms. The average molecular weight is 431 g/mol. The Labute approximate surface area is 148 Å². The van der Waals surface area contributed by atoms with E-state index < -0.39 is 0 Å². The first kappa shape index (κ1) is 16.9. The number of nitrogens with one attached hydrogen (secondary N) is 2. The van der Waals surface area contributed by atoms with Crippen LogP contribution in [0.25, 0.3) is 0 Å². The summed E-state index contributed by atoms with van der Waals surface area (Å²) in [7, 11) is 0. The lowest BCUT2D eigenvalue weighted by Crippen LogP contribution is -2.30. The molecule has 0 bridgehead atoms. The number of carbonyl (C=O) groups excluding carboxylic acids is 1. The van der Waals surface area contributed by atoms with E-state index in [0.29, 0.717) is 30.3 Å². The first-order valence-electron chi connectivity index (χ1n) is 6.83. The lowest BCUT2D eigenvalue weighted by molar-refractivity contribution is 0.250. The van der Waals surface area contributed by atoms with Crippen LogP contribution in [0.15, 0.2) is 48.5 Å². The van der Waals surface area contributed by atoms with Gasteiger partial charge >= 0.3 is 6.03 Å². The molecule has 0 aliphatic rings. The molecular weight excluding hydrogens is 415 g/mol. The predicted molar refractivity (Wildman–Crippen MR) is 97.7 cm³/mol. The first-order chi connectivity index (χ1) is 10.6. The third kappa shape index (κ3) is 5.73. The van der Waals surface area contributed by atoms with Crippen LogP contribution >= 0.6 is 34.2 Å². The fourth-order valence-electron chi connectivity index (χ4n) is 1.73. The number of para-hydroxylation sites is 1. The summed E-state index contributed by atoms with van der Waals surface area (Å²) < 4.78 is 6.67. The van der Waals surface area contributed by atoms with Gasteiger partial charge in [-0.25, -0.2) is 4.79 Å². The second-order valence-corrected chi connectivity index (χ2v) is 6.17. The third-order valence-corrected chi connectivity index (χ3v) is 3.83. The summed E-state index contributed by atoms with van der Waals surface area (Å²) in [5, 5.41) is 6.14. The highest BCUT2D eigenvalue weighted by Gasteiger charge is 2.02. The minimum Gasteiger partial charge on any atom is -0.492 e. The van der Waals surface area contributed by atoms with Crippen molar-refractivity contribution in [2.75, 3.05) is 18.5 Å². The molecule has 2 aromatic rings. The maximum absolute atomic E-state index is 11.7. The van der Waals surface area contributed by atoms with Gasteiger partial charge in [0.05, 0.1) is 11.6 Å². The van der Waals surface area contributed by atoms with E-state index in [0.717, 1.165) is 9.26 Å². The first-order valence-corrected chi connectivity index (χ1v) is 8.28. The minimum atomic E-state index is -0.223. The van der Waals surface area contributed by atoms with Gasteiger partial charge in [0.25, 0.3) is 0 Å². The van der Waals surface area contributed by atoms with Crippen molar-refractivity contribution in [1.82, 2.24) is 5.32 Å². The smallest absolute Gasteiger partial charge is 0.319 e. The molecule has 116 valence electrons. The van der Waals surface area contributed by atoms with Crippen molar-refractivity contribution in [3.8, 4) is 5.75 Å². The van der Waals surface area contributed by atoms with Crippen molar-refractivity contribution in [3.63, 3.8) is 0 Å². The van der Waals surface area contributed by atoms with Gasteiger partial charge in [0.1, 0.15) is 5.75 Å². The van der Waals surface area contributed by atoms with Gasteiger partial charge in [-0.15, -0.1) is 0 Å². The average Bonchev–Trinajstić information content (AvgIpc) is 2.51. The summed E-state index contributed by atoms with van der Waals surface area (Å²) in [6.07, 6.45) is 0.700. The normalized spacial score (nSPS) is 10.1. The van der Waals surface area contributed by atoms with Crippen molar-refractivity contribution in [3.05, 3.63) is 57.1 Å². The number of hydrogen-bond donors (Lipinski definition) is 2. The Balaban J connectivity index is 1.63. The molecule has 0 unspecified atom stereocenters. The quantitative estimate of drug-likeness (QED) is 0.522. The molecule has 2 rings (SSSR count). The molecule has 0 radical (unpaired) electrons. The van der Waals surface area contributed by atoms with Crippen LogP contribution in [0, 0.1) is 3.57 Å². The summed E-state index contributed by atoms with van der Waals surface area (Å²) >= 11 is 8.20. The number of urea groups is 1. The maximum Gasteiger partial charge on any atom is 0.319 e. The summed E-state index contributed by atoms with van der Waals surface area (Å²) in [6, 6.07) is 14.7. The molecule has 0 saturated carbocycles. The van der Waals surface area contributed by atoms with Gasteiger partial charge in [0, 0.05) is 15.8 Å². The molecule has 0 spiro atoms. The van der Waals surface area contributed by atoms with Crippen molar-refractivity contribution in [1.29, 1.82) is 0 Å². The van der Waals surface area contributed by atoms with Crippen LogP contribution in [-0.4, -0.2) is 19.2 Å². The van der Waals surface area contributed by atoms with Crippen LogP contribution in [0.1, 0.15) is 6.42 Å². The Morgan fingerprint density at radius 2 is 1.86 bits per heavy atom. The number of amides is 2.